The smallest absolute Gasteiger partial charge is 0.104 e. The number of hydrogen-bond donors (Lipinski definition) is 2. The third-order valence-electron chi connectivity index (χ3n) is 2.51. The molecular formula is C13H16Cl2N2. The second kappa shape index (κ2) is 5.23. The maximum atomic E-state index is 6.08. The molecule has 0 amide bonds. The van der Waals surface area contributed by atoms with Crippen molar-refractivity contribution in [1.29, 1.82) is 0 Å². The highest BCUT2D eigenvalue weighted by Gasteiger charge is 2.27. The molecule has 0 aliphatic heterocycles. The van der Waals surface area contributed by atoms with Crippen molar-refractivity contribution in [2.45, 2.75) is 18.5 Å². The molecule has 1 aliphatic carbocycles. The van der Waals surface area contributed by atoms with E-state index in [0.29, 0.717) is 5.02 Å². The summed E-state index contributed by atoms with van der Waals surface area (Å²) in [5.41, 5.74) is 12.6. The van der Waals surface area contributed by atoms with Gasteiger partial charge in [0, 0.05) is 5.02 Å². The second-order valence-corrected chi connectivity index (χ2v) is 4.77. The van der Waals surface area contributed by atoms with Gasteiger partial charge in [0.2, 0.25) is 0 Å². The lowest BCUT2D eigenvalue weighted by molar-refractivity contribution is 0.565. The first-order valence-corrected chi connectivity index (χ1v) is 5.69. The van der Waals surface area contributed by atoms with Crippen LogP contribution in [0.2, 0.25) is 5.02 Å². The molecular weight excluding hydrogens is 255 g/mol. The molecule has 2 rings (SSSR count). The molecule has 1 aliphatic rings. The third-order valence-corrected chi connectivity index (χ3v) is 3.25. The van der Waals surface area contributed by atoms with Gasteiger partial charge in [-0.2, -0.15) is 0 Å². The summed E-state index contributed by atoms with van der Waals surface area (Å²) in [7, 11) is 0. The van der Waals surface area contributed by atoms with Crippen LogP contribution in [0.1, 0.15) is 13.0 Å². The second-order valence-electron chi connectivity index (χ2n) is 3.87. The minimum absolute atomic E-state index is 0. The minimum Gasteiger partial charge on any atom is -0.309 e. The Morgan fingerprint density at radius 3 is 2.53 bits per heavy atom. The molecule has 0 bridgehead atoms. The van der Waals surface area contributed by atoms with Crippen LogP contribution in [-0.2, 0) is 0 Å². The zero-order chi connectivity index (χ0) is 11.8. The van der Waals surface area contributed by atoms with Crippen LogP contribution in [0.15, 0.2) is 42.5 Å². The first-order valence-electron chi connectivity index (χ1n) is 4.88. The molecule has 4 N–H and O–H groups in total. The lowest BCUT2D eigenvalue weighted by atomic mass is 9.94. The van der Waals surface area contributed by atoms with Gasteiger partial charge < -0.3 is 11.5 Å². The van der Waals surface area contributed by atoms with Crippen LogP contribution < -0.4 is 11.5 Å². The summed E-state index contributed by atoms with van der Waals surface area (Å²) in [6.45, 7) is 0. The van der Waals surface area contributed by atoms with E-state index in [2.05, 4.69) is 0 Å². The van der Waals surface area contributed by atoms with Crippen molar-refractivity contribution in [3.05, 3.63) is 53.1 Å². The number of alkyl halides is 1. The highest BCUT2D eigenvalue weighted by molar-refractivity contribution is 6.30. The molecule has 1 aromatic rings. The molecule has 17 heavy (non-hydrogen) atoms. The summed E-state index contributed by atoms with van der Waals surface area (Å²) in [4.78, 5) is 0. The Hall–Kier alpha value is -0.800. The van der Waals surface area contributed by atoms with E-state index in [9.17, 15) is 0 Å². The van der Waals surface area contributed by atoms with Crippen LogP contribution in [0.4, 0.5) is 0 Å². The minimum atomic E-state index is -0.983. The van der Waals surface area contributed by atoms with Gasteiger partial charge in [-0.3, -0.25) is 0 Å². The van der Waals surface area contributed by atoms with Crippen molar-refractivity contribution >= 4 is 28.8 Å². The fraction of sp³-hybridized carbons (Fsp3) is 0.231. The predicted molar refractivity (Wildman–Crippen MR) is 76.0 cm³/mol. The van der Waals surface area contributed by atoms with Crippen molar-refractivity contribution in [2.75, 3.05) is 0 Å². The summed E-state index contributed by atoms with van der Waals surface area (Å²) in [5.74, 6) is 0. The van der Waals surface area contributed by atoms with Crippen LogP contribution in [0, 0.1) is 0 Å². The maximum absolute atomic E-state index is 6.08. The Kier molecular flexibility index (Phi) is 4.39. The van der Waals surface area contributed by atoms with Crippen molar-refractivity contribution in [2.24, 2.45) is 11.5 Å². The van der Waals surface area contributed by atoms with Crippen molar-refractivity contribution in [3.8, 4) is 0 Å². The van der Waals surface area contributed by atoms with E-state index in [1.807, 2.05) is 36.4 Å². The molecule has 0 aromatic heterocycles. The topological polar surface area (TPSA) is 52.0 Å². The van der Waals surface area contributed by atoms with Crippen LogP contribution in [0.3, 0.4) is 0 Å². The molecule has 1 unspecified atom stereocenters. The zero-order valence-electron chi connectivity index (χ0n) is 8.53. The number of nitrogens with two attached hydrogens (primary N) is 2. The highest BCUT2D eigenvalue weighted by Crippen LogP contribution is 2.27. The van der Waals surface area contributed by atoms with Gasteiger partial charge in [-0.05, 0) is 29.3 Å². The van der Waals surface area contributed by atoms with Crippen molar-refractivity contribution in [1.82, 2.24) is 0 Å². The Morgan fingerprint density at radius 1 is 1.24 bits per heavy atom. The van der Waals surface area contributed by atoms with Gasteiger partial charge in [-0.1, -0.05) is 43.3 Å². The molecule has 4 heteroatoms. The Bertz CT molecular complexity index is 464. The standard InChI is InChI=1S/C12H12Cl2N2.CH4/c13-10-3-1-2-8(6-10)9-4-5-12(15,16)11(14)7-9;/h1-7,11H,15-16H2;1H4. The summed E-state index contributed by atoms with van der Waals surface area (Å²) in [5, 5.41) is 0.265. The zero-order valence-corrected chi connectivity index (χ0v) is 10.0. The quantitative estimate of drug-likeness (QED) is 0.609. The maximum Gasteiger partial charge on any atom is 0.104 e. The lowest BCUT2D eigenvalue weighted by Gasteiger charge is -2.28. The van der Waals surface area contributed by atoms with E-state index in [1.165, 1.54) is 0 Å². The molecule has 0 saturated carbocycles. The molecule has 0 saturated heterocycles. The Morgan fingerprint density at radius 2 is 1.94 bits per heavy atom. The Labute approximate surface area is 112 Å². The van der Waals surface area contributed by atoms with E-state index >= 15 is 0 Å². The van der Waals surface area contributed by atoms with Crippen LogP contribution >= 0.6 is 23.2 Å². The molecule has 1 atom stereocenters. The van der Waals surface area contributed by atoms with Gasteiger partial charge in [0.15, 0.2) is 0 Å². The molecule has 0 radical (unpaired) electrons. The van der Waals surface area contributed by atoms with E-state index in [-0.39, 0.29) is 7.43 Å². The van der Waals surface area contributed by atoms with Crippen molar-refractivity contribution < 1.29 is 0 Å². The van der Waals surface area contributed by atoms with Gasteiger partial charge >= 0.3 is 0 Å². The predicted octanol–water partition coefficient (Wildman–Crippen LogP) is 3.15. The first kappa shape index (κ1) is 14.3. The average Bonchev–Trinajstić information content (AvgIpc) is 2.22. The SMILES string of the molecule is C.NC1(N)C=CC(c2cccc(Cl)c2)=CC1Cl. The molecule has 92 valence electrons. The number of rotatable bonds is 1. The van der Waals surface area contributed by atoms with Gasteiger partial charge in [-0.15, -0.1) is 11.6 Å². The summed E-state index contributed by atoms with van der Waals surface area (Å²) < 4.78 is 0. The van der Waals surface area contributed by atoms with Gasteiger partial charge in [0.25, 0.3) is 0 Å². The van der Waals surface area contributed by atoms with Gasteiger partial charge in [0.05, 0.1) is 5.38 Å². The van der Waals surface area contributed by atoms with E-state index in [4.69, 9.17) is 34.7 Å². The van der Waals surface area contributed by atoms with Crippen molar-refractivity contribution in [3.63, 3.8) is 0 Å². The summed E-state index contributed by atoms with van der Waals surface area (Å²) in [6, 6.07) is 7.56. The largest absolute Gasteiger partial charge is 0.309 e. The number of halogens is 2. The highest BCUT2D eigenvalue weighted by atomic mass is 35.5. The molecule has 0 heterocycles. The molecule has 1 aromatic carbocycles. The molecule has 0 fully saturated rings. The molecule has 2 nitrogen and oxygen atoms in total. The Balaban J connectivity index is 0.00000144. The van der Waals surface area contributed by atoms with E-state index < -0.39 is 11.0 Å². The summed E-state index contributed by atoms with van der Waals surface area (Å²) in [6.07, 6.45) is 5.42. The van der Waals surface area contributed by atoms with E-state index in [0.717, 1.165) is 11.1 Å². The fourth-order valence-corrected chi connectivity index (χ4v) is 1.94. The van der Waals surface area contributed by atoms with E-state index in [1.54, 1.807) is 6.08 Å². The van der Waals surface area contributed by atoms with Crippen LogP contribution in [0.25, 0.3) is 5.57 Å². The summed E-state index contributed by atoms with van der Waals surface area (Å²) >= 11 is 12.0. The monoisotopic (exact) mass is 270 g/mol. The normalized spacial score (nSPS) is 21.6. The average molecular weight is 271 g/mol. The van der Waals surface area contributed by atoms with Crippen LogP contribution in [0.5, 0.6) is 0 Å². The van der Waals surface area contributed by atoms with Gasteiger partial charge in [0.1, 0.15) is 5.66 Å². The fourth-order valence-electron chi connectivity index (χ4n) is 1.54. The van der Waals surface area contributed by atoms with Crippen LogP contribution in [-0.4, -0.2) is 11.0 Å². The number of benzene rings is 1. The lowest BCUT2D eigenvalue weighted by Crippen LogP contribution is -2.55. The first-order chi connectivity index (χ1) is 7.49. The number of allylic oxidation sites excluding steroid dienone is 2. The van der Waals surface area contributed by atoms with Gasteiger partial charge in [-0.25, -0.2) is 0 Å². The molecule has 0 spiro atoms. The number of hydrogen-bond acceptors (Lipinski definition) is 2. The third kappa shape index (κ3) is 3.11.